The molecular weight excluding hydrogens is 308 g/mol. The van der Waals surface area contributed by atoms with E-state index < -0.39 is 12.7 Å². The Morgan fingerprint density at radius 1 is 1.43 bits per heavy atom. The van der Waals surface area contributed by atoms with Gasteiger partial charge in [-0.05, 0) is 23.8 Å². The van der Waals surface area contributed by atoms with Crippen LogP contribution in [-0.2, 0) is 4.74 Å². The van der Waals surface area contributed by atoms with Crippen LogP contribution in [0.5, 0.6) is 5.75 Å². The first kappa shape index (κ1) is 15.4. The van der Waals surface area contributed by atoms with Crippen molar-refractivity contribution in [2.75, 3.05) is 19.7 Å². The predicted molar refractivity (Wildman–Crippen MR) is 76.3 cm³/mol. The molecule has 0 aliphatic carbocycles. The molecule has 6 nitrogen and oxygen atoms in total. The van der Waals surface area contributed by atoms with Crippen LogP contribution in [0.4, 0.5) is 8.78 Å². The van der Waals surface area contributed by atoms with E-state index in [0.29, 0.717) is 31.0 Å². The van der Waals surface area contributed by atoms with E-state index in [2.05, 4.69) is 14.9 Å². The summed E-state index contributed by atoms with van der Waals surface area (Å²) in [6, 6.07) is 7.93. The molecule has 1 N–H and O–H groups in total. The van der Waals surface area contributed by atoms with Gasteiger partial charge < -0.3 is 14.4 Å². The van der Waals surface area contributed by atoms with Gasteiger partial charge in [0.1, 0.15) is 17.5 Å². The zero-order chi connectivity index (χ0) is 16.2. The summed E-state index contributed by atoms with van der Waals surface area (Å²) in [6.07, 6.45) is 1.12. The van der Waals surface area contributed by atoms with Gasteiger partial charge in [0.25, 0.3) is 5.91 Å². The average molecular weight is 323 g/mol. The number of rotatable bonds is 4. The van der Waals surface area contributed by atoms with Crippen molar-refractivity contribution < 1.29 is 23.0 Å². The Hall–Kier alpha value is -2.48. The van der Waals surface area contributed by atoms with E-state index in [9.17, 15) is 13.6 Å². The van der Waals surface area contributed by atoms with E-state index in [-0.39, 0.29) is 11.7 Å². The molecule has 122 valence electrons. The van der Waals surface area contributed by atoms with Gasteiger partial charge in [-0.2, -0.15) is 13.9 Å². The Morgan fingerprint density at radius 3 is 3.04 bits per heavy atom. The highest BCUT2D eigenvalue weighted by atomic mass is 19.3. The molecule has 23 heavy (non-hydrogen) atoms. The molecule has 1 fully saturated rings. The van der Waals surface area contributed by atoms with Crippen LogP contribution in [0.25, 0.3) is 0 Å². The van der Waals surface area contributed by atoms with Crippen molar-refractivity contribution >= 4 is 5.91 Å². The van der Waals surface area contributed by atoms with Crippen molar-refractivity contribution in [1.29, 1.82) is 0 Å². The Bertz CT molecular complexity index is 664. The monoisotopic (exact) mass is 323 g/mol. The van der Waals surface area contributed by atoms with Crippen molar-refractivity contribution in [1.82, 2.24) is 15.1 Å². The number of aromatic nitrogens is 2. The third-order valence-corrected chi connectivity index (χ3v) is 3.54. The lowest BCUT2D eigenvalue weighted by Crippen LogP contribution is -2.42. The van der Waals surface area contributed by atoms with Crippen molar-refractivity contribution in [3.05, 3.63) is 47.8 Å². The minimum atomic E-state index is -2.88. The van der Waals surface area contributed by atoms with Gasteiger partial charge in [0.05, 0.1) is 13.2 Å². The lowest BCUT2D eigenvalue weighted by Gasteiger charge is -2.33. The van der Waals surface area contributed by atoms with Crippen LogP contribution in [-0.4, -0.2) is 47.3 Å². The molecule has 2 heterocycles. The zero-order valence-electron chi connectivity index (χ0n) is 12.1. The molecule has 8 heteroatoms. The van der Waals surface area contributed by atoms with Crippen LogP contribution in [0.15, 0.2) is 36.5 Å². The molecule has 0 bridgehead atoms. The maximum absolute atomic E-state index is 12.3. The number of hydrogen-bond acceptors (Lipinski definition) is 4. The first-order chi connectivity index (χ1) is 11.1. The summed E-state index contributed by atoms with van der Waals surface area (Å²) in [7, 11) is 0. The molecule has 1 saturated heterocycles. The van der Waals surface area contributed by atoms with Gasteiger partial charge in [0.2, 0.25) is 0 Å². The molecule has 2 aromatic rings. The first-order valence-electron chi connectivity index (χ1n) is 7.08. The number of aromatic amines is 1. The van der Waals surface area contributed by atoms with Gasteiger partial charge in [-0.3, -0.25) is 9.89 Å². The summed E-state index contributed by atoms with van der Waals surface area (Å²) in [5.74, 6) is -0.103. The van der Waals surface area contributed by atoms with Crippen molar-refractivity contribution in [2.45, 2.75) is 12.7 Å². The van der Waals surface area contributed by atoms with Crippen molar-refractivity contribution in [3.63, 3.8) is 0 Å². The largest absolute Gasteiger partial charge is 0.435 e. The number of hydrogen-bond donors (Lipinski definition) is 1. The second-order valence-corrected chi connectivity index (χ2v) is 5.03. The fourth-order valence-corrected chi connectivity index (χ4v) is 2.47. The molecule has 1 aromatic carbocycles. The first-order valence-corrected chi connectivity index (χ1v) is 7.08. The third-order valence-electron chi connectivity index (χ3n) is 3.54. The van der Waals surface area contributed by atoms with E-state index in [1.807, 2.05) is 0 Å². The topological polar surface area (TPSA) is 67.5 Å². The summed E-state index contributed by atoms with van der Waals surface area (Å²) in [5.41, 5.74) is 1.09. The fraction of sp³-hybridized carbons (Fsp3) is 0.333. The number of amides is 1. The van der Waals surface area contributed by atoms with Gasteiger partial charge in [-0.25, -0.2) is 0 Å². The van der Waals surface area contributed by atoms with Crippen molar-refractivity contribution in [2.24, 2.45) is 0 Å². The Balaban J connectivity index is 1.72. The maximum Gasteiger partial charge on any atom is 0.387 e. The SMILES string of the molecule is O=C(c1ccn[nH]1)N1CCO[C@@H](c2cccc(OC(F)F)c2)C1. The molecule has 1 aromatic heterocycles. The van der Waals surface area contributed by atoms with E-state index in [4.69, 9.17) is 4.74 Å². The summed E-state index contributed by atoms with van der Waals surface area (Å²) < 4.78 is 34.7. The minimum Gasteiger partial charge on any atom is -0.435 e. The van der Waals surface area contributed by atoms with Gasteiger partial charge >= 0.3 is 6.61 Å². The maximum atomic E-state index is 12.3. The zero-order valence-corrected chi connectivity index (χ0v) is 12.1. The molecule has 1 atom stereocenters. The van der Waals surface area contributed by atoms with Crippen LogP contribution in [0, 0.1) is 0 Å². The lowest BCUT2D eigenvalue weighted by molar-refractivity contribution is -0.0504. The van der Waals surface area contributed by atoms with Gasteiger partial charge in [-0.15, -0.1) is 0 Å². The van der Waals surface area contributed by atoms with E-state index in [1.165, 1.54) is 18.3 Å². The quantitative estimate of drug-likeness (QED) is 0.937. The second-order valence-electron chi connectivity index (χ2n) is 5.03. The Labute approximate surface area is 131 Å². The molecule has 3 rings (SSSR count). The highest BCUT2D eigenvalue weighted by Gasteiger charge is 2.27. The summed E-state index contributed by atoms with van der Waals surface area (Å²) in [6.45, 7) is -1.72. The van der Waals surface area contributed by atoms with E-state index in [0.717, 1.165) is 0 Å². The normalized spacial score (nSPS) is 18.2. The molecule has 0 radical (unpaired) electrons. The van der Waals surface area contributed by atoms with Gasteiger partial charge in [0.15, 0.2) is 0 Å². The molecule has 1 amide bonds. The number of alkyl halides is 2. The number of ether oxygens (including phenoxy) is 2. The fourth-order valence-electron chi connectivity index (χ4n) is 2.47. The summed E-state index contributed by atoms with van der Waals surface area (Å²) in [5, 5.41) is 6.40. The summed E-state index contributed by atoms with van der Waals surface area (Å²) in [4.78, 5) is 14.0. The number of benzene rings is 1. The van der Waals surface area contributed by atoms with Crippen molar-refractivity contribution in [3.8, 4) is 5.75 Å². The van der Waals surface area contributed by atoms with Crippen LogP contribution < -0.4 is 4.74 Å². The average Bonchev–Trinajstić information content (AvgIpc) is 3.08. The number of H-pyrrole nitrogens is 1. The number of nitrogens with zero attached hydrogens (tertiary/aromatic N) is 2. The number of carbonyl (C=O) groups excluding carboxylic acids is 1. The number of morpholine rings is 1. The standard InChI is InChI=1S/C15H15F2N3O3/c16-15(17)23-11-3-1-2-10(8-11)13-9-20(6-7-22-13)14(21)12-4-5-18-19-12/h1-5,8,13,15H,6-7,9H2,(H,18,19)/t13-/m1/s1. The lowest BCUT2D eigenvalue weighted by atomic mass is 10.1. The molecule has 0 unspecified atom stereocenters. The highest BCUT2D eigenvalue weighted by molar-refractivity contribution is 5.92. The van der Waals surface area contributed by atoms with Gasteiger partial charge in [-0.1, -0.05) is 12.1 Å². The number of carbonyl (C=O) groups is 1. The molecular formula is C15H15F2N3O3. The molecule has 1 aliphatic rings. The Morgan fingerprint density at radius 2 is 2.30 bits per heavy atom. The predicted octanol–water partition coefficient (Wildman–Crippen LogP) is 2.22. The Kier molecular flexibility index (Phi) is 4.52. The number of nitrogens with one attached hydrogen (secondary N) is 1. The smallest absolute Gasteiger partial charge is 0.387 e. The minimum absolute atomic E-state index is 0.0677. The van der Waals surface area contributed by atoms with Crippen LogP contribution in [0.2, 0.25) is 0 Å². The molecule has 0 saturated carbocycles. The van der Waals surface area contributed by atoms with Gasteiger partial charge in [0, 0.05) is 12.7 Å². The van der Waals surface area contributed by atoms with Crippen LogP contribution in [0.1, 0.15) is 22.2 Å². The third kappa shape index (κ3) is 3.65. The number of halogens is 2. The van der Waals surface area contributed by atoms with E-state index >= 15 is 0 Å². The molecule has 0 spiro atoms. The second kappa shape index (κ2) is 6.74. The van der Waals surface area contributed by atoms with Crippen LogP contribution >= 0.6 is 0 Å². The molecule has 1 aliphatic heterocycles. The highest BCUT2D eigenvalue weighted by Crippen LogP contribution is 2.26. The summed E-state index contributed by atoms with van der Waals surface area (Å²) >= 11 is 0. The van der Waals surface area contributed by atoms with E-state index in [1.54, 1.807) is 23.1 Å². The van der Waals surface area contributed by atoms with Crippen LogP contribution in [0.3, 0.4) is 0 Å².